The molecular formula is C22H25N3O3S. The molecule has 2 aliphatic rings. The van der Waals surface area contributed by atoms with Gasteiger partial charge in [0, 0.05) is 36.9 Å². The van der Waals surface area contributed by atoms with Crippen molar-refractivity contribution in [1.82, 2.24) is 10.2 Å². The van der Waals surface area contributed by atoms with E-state index >= 15 is 0 Å². The summed E-state index contributed by atoms with van der Waals surface area (Å²) in [7, 11) is 1.65. The van der Waals surface area contributed by atoms with Gasteiger partial charge in [-0.1, -0.05) is 18.6 Å². The fraction of sp³-hybridized carbons (Fsp3) is 0.364. The van der Waals surface area contributed by atoms with Crippen LogP contribution in [0.15, 0.2) is 52.3 Å². The molecule has 29 heavy (non-hydrogen) atoms. The van der Waals surface area contributed by atoms with Gasteiger partial charge in [-0.15, -0.1) is 0 Å². The van der Waals surface area contributed by atoms with Crippen molar-refractivity contribution in [3.63, 3.8) is 0 Å². The number of carbonyl (C=O) groups excluding carboxylic acids is 2. The number of piperidine rings is 1. The Balaban J connectivity index is 1.52. The third kappa shape index (κ3) is 4.03. The molecule has 1 atom stereocenters. The SMILES string of the molecule is CN1C(=O)c2ccccc2[S+]([O-])c2ccc(C(=O)NCCN3CCCCC3)cc21. The van der Waals surface area contributed by atoms with Gasteiger partial charge in [0.25, 0.3) is 11.8 Å². The molecule has 0 bridgehead atoms. The maximum Gasteiger partial charge on any atom is 0.263 e. The molecule has 2 aliphatic heterocycles. The number of nitrogens with zero attached hydrogens (tertiary/aromatic N) is 2. The summed E-state index contributed by atoms with van der Waals surface area (Å²) in [6, 6.07) is 12.0. The van der Waals surface area contributed by atoms with Gasteiger partial charge < -0.3 is 19.7 Å². The van der Waals surface area contributed by atoms with E-state index in [9.17, 15) is 14.1 Å². The predicted molar refractivity (Wildman–Crippen MR) is 113 cm³/mol. The van der Waals surface area contributed by atoms with Crippen LogP contribution in [-0.2, 0) is 11.2 Å². The van der Waals surface area contributed by atoms with Crippen LogP contribution in [0.25, 0.3) is 0 Å². The number of nitrogens with one attached hydrogen (secondary N) is 1. The lowest BCUT2D eigenvalue weighted by Gasteiger charge is -2.26. The van der Waals surface area contributed by atoms with Crippen LogP contribution in [0.1, 0.15) is 40.0 Å². The number of rotatable bonds is 4. The summed E-state index contributed by atoms with van der Waals surface area (Å²) in [6.07, 6.45) is 3.73. The molecule has 2 aromatic carbocycles. The molecule has 7 heteroatoms. The van der Waals surface area contributed by atoms with E-state index in [1.807, 2.05) is 0 Å². The number of carbonyl (C=O) groups is 2. The molecule has 1 unspecified atom stereocenters. The van der Waals surface area contributed by atoms with Crippen LogP contribution < -0.4 is 10.2 Å². The molecule has 0 radical (unpaired) electrons. The first-order valence-corrected chi connectivity index (χ1v) is 11.1. The lowest BCUT2D eigenvalue weighted by atomic mass is 10.1. The predicted octanol–water partition coefficient (Wildman–Crippen LogP) is 2.66. The molecule has 0 aromatic heterocycles. The summed E-state index contributed by atoms with van der Waals surface area (Å²) in [5.74, 6) is -0.409. The molecule has 1 saturated heterocycles. The zero-order chi connectivity index (χ0) is 20.4. The molecule has 1 N–H and O–H groups in total. The Labute approximate surface area is 174 Å². The van der Waals surface area contributed by atoms with E-state index in [0.29, 0.717) is 33.2 Å². The van der Waals surface area contributed by atoms with E-state index < -0.39 is 11.2 Å². The van der Waals surface area contributed by atoms with Gasteiger partial charge in [0.15, 0.2) is 9.79 Å². The number of hydrogen-bond acceptors (Lipinski definition) is 4. The van der Waals surface area contributed by atoms with E-state index in [1.165, 1.54) is 24.2 Å². The van der Waals surface area contributed by atoms with Gasteiger partial charge in [-0.05, 0) is 56.3 Å². The summed E-state index contributed by atoms with van der Waals surface area (Å²) in [5.41, 5.74) is 1.40. The molecule has 0 aliphatic carbocycles. The van der Waals surface area contributed by atoms with Crippen molar-refractivity contribution in [2.24, 2.45) is 0 Å². The first-order valence-electron chi connectivity index (χ1n) is 10.00. The highest BCUT2D eigenvalue weighted by atomic mass is 32.2. The first kappa shape index (κ1) is 19.9. The van der Waals surface area contributed by atoms with Crippen molar-refractivity contribution in [2.45, 2.75) is 29.1 Å². The molecular weight excluding hydrogens is 386 g/mol. The molecule has 0 saturated carbocycles. The highest BCUT2D eigenvalue weighted by molar-refractivity contribution is 7.91. The first-order chi connectivity index (χ1) is 14.1. The number of hydrogen-bond donors (Lipinski definition) is 1. The van der Waals surface area contributed by atoms with E-state index in [0.717, 1.165) is 19.6 Å². The fourth-order valence-corrected chi connectivity index (χ4v) is 5.28. The molecule has 0 spiro atoms. The van der Waals surface area contributed by atoms with Crippen molar-refractivity contribution in [3.05, 3.63) is 53.6 Å². The van der Waals surface area contributed by atoms with Gasteiger partial charge in [-0.3, -0.25) is 9.59 Å². The van der Waals surface area contributed by atoms with Gasteiger partial charge in [0.1, 0.15) is 5.69 Å². The second-order valence-electron chi connectivity index (χ2n) is 7.47. The molecule has 2 heterocycles. The third-order valence-electron chi connectivity index (χ3n) is 5.57. The molecule has 6 nitrogen and oxygen atoms in total. The molecule has 1 fully saturated rings. The highest BCUT2D eigenvalue weighted by Gasteiger charge is 2.34. The minimum absolute atomic E-state index is 0.182. The molecule has 2 aromatic rings. The van der Waals surface area contributed by atoms with Gasteiger partial charge in [0.2, 0.25) is 0 Å². The van der Waals surface area contributed by atoms with Crippen LogP contribution in [0, 0.1) is 0 Å². The number of fused-ring (bicyclic) bond motifs is 2. The fourth-order valence-electron chi connectivity index (χ4n) is 3.90. The van der Waals surface area contributed by atoms with Gasteiger partial charge >= 0.3 is 0 Å². The normalized spacial score (nSPS) is 19.3. The summed E-state index contributed by atoms with van der Waals surface area (Å²) >= 11 is -1.48. The monoisotopic (exact) mass is 411 g/mol. The Morgan fingerprint density at radius 3 is 2.66 bits per heavy atom. The number of amides is 2. The summed E-state index contributed by atoms with van der Waals surface area (Å²) in [4.78, 5) is 30.4. The Hall–Kier alpha value is -2.35. The summed E-state index contributed by atoms with van der Waals surface area (Å²) in [6.45, 7) is 3.61. The van der Waals surface area contributed by atoms with Crippen LogP contribution >= 0.6 is 0 Å². The molecule has 4 rings (SSSR count). The second kappa shape index (κ2) is 8.57. The number of anilines is 1. The minimum Gasteiger partial charge on any atom is -0.606 e. The van der Waals surface area contributed by atoms with E-state index in [4.69, 9.17) is 0 Å². The Morgan fingerprint density at radius 1 is 1.10 bits per heavy atom. The average molecular weight is 412 g/mol. The van der Waals surface area contributed by atoms with Crippen molar-refractivity contribution < 1.29 is 14.1 Å². The van der Waals surface area contributed by atoms with Crippen LogP contribution in [0.4, 0.5) is 5.69 Å². The van der Waals surface area contributed by atoms with Crippen molar-refractivity contribution in [2.75, 3.05) is 38.1 Å². The maximum atomic E-state index is 13.1. The van der Waals surface area contributed by atoms with Crippen LogP contribution in [0.3, 0.4) is 0 Å². The standard InChI is InChI=1S/C22H25N3O3S/c1-24-18-15-16(21(26)23-11-14-25-12-5-2-6-13-25)9-10-20(18)29(28)19-8-4-3-7-17(19)22(24)27/h3-4,7-10,15H,2,5-6,11-14H2,1H3,(H,23,26). The quantitative estimate of drug-likeness (QED) is 0.785. The van der Waals surface area contributed by atoms with Crippen molar-refractivity contribution in [1.29, 1.82) is 0 Å². The van der Waals surface area contributed by atoms with Crippen molar-refractivity contribution >= 4 is 28.7 Å². The molecule has 2 amide bonds. The number of benzene rings is 2. The Kier molecular flexibility index (Phi) is 5.89. The van der Waals surface area contributed by atoms with Crippen LogP contribution in [0.2, 0.25) is 0 Å². The van der Waals surface area contributed by atoms with E-state index in [1.54, 1.807) is 49.5 Å². The van der Waals surface area contributed by atoms with E-state index in [-0.39, 0.29) is 11.8 Å². The zero-order valence-electron chi connectivity index (χ0n) is 16.5. The second-order valence-corrected chi connectivity index (χ2v) is 8.89. The van der Waals surface area contributed by atoms with Gasteiger partial charge in [-0.25, -0.2) is 0 Å². The zero-order valence-corrected chi connectivity index (χ0v) is 17.3. The van der Waals surface area contributed by atoms with Crippen molar-refractivity contribution in [3.8, 4) is 0 Å². The van der Waals surface area contributed by atoms with Crippen LogP contribution in [-0.4, -0.2) is 54.5 Å². The summed E-state index contributed by atoms with van der Waals surface area (Å²) in [5, 5.41) is 2.96. The largest absolute Gasteiger partial charge is 0.606 e. The molecule has 152 valence electrons. The topological polar surface area (TPSA) is 75.7 Å². The van der Waals surface area contributed by atoms with Gasteiger partial charge in [0.05, 0.1) is 5.56 Å². The lowest BCUT2D eigenvalue weighted by Crippen LogP contribution is -2.37. The van der Waals surface area contributed by atoms with Crippen LogP contribution in [0.5, 0.6) is 0 Å². The minimum atomic E-state index is -1.48. The smallest absolute Gasteiger partial charge is 0.263 e. The average Bonchev–Trinajstić information content (AvgIpc) is 2.84. The van der Waals surface area contributed by atoms with Gasteiger partial charge in [-0.2, -0.15) is 0 Å². The highest BCUT2D eigenvalue weighted by Crippen LogP contribution is 2.36. The number of likely N-dealkylation sites (tertiary alicyclic amines) is 1. The van der Waals surface area contributed by atoms with E-state index in [2.05, 4.69) is 10.2 Å². The maximum absolute atomic E-state index is 13.1. The Morgan fingerprint density at radius 2 is 1.86 bits per heavy atom. The lowest BCUT2D eigenvalue weighted by molar-refractivity contribution is 0.0944. The third-order valence-corrected chi connectivity index (χ3v) is 7.07. The summed E-state index contributed by atoms with van der Waals surface area (Å²) < 4.78 is 13.1. The Bertz CT molecular complexity index is 927.